The van der Waals surface area contributed by atoms with Crippen molar-refractivity contribution in [1.82, 2.24) is 4.90 Å². The Morgan fingerprint density at radius 3 is 2.53 bits per heavy atom. The summed E-state index contributed by atoms with van der Waals surface area (Å²) >= 11 is 0. The molecule has 106 valence electrons. The lowest BCUT2D eigenvalue weighted by molar-refractivity contribution is -0.147. The Balaban J connectivity index is 2.39. The van der Waals surface area contributed by atoms with Crippen LogP contribution in [0.25, 0.3) is 0 Å². The van der Waals surface area contributed by atoms with Gasteiger partial charge in [0.05, 0.1) is 5.41 Å². The maximum Gasteiger partial charge on any atom is 0.309 e. The molecular weight excluding hydrogens is 238 g/mol. The van der Waals surface area contributed by atoms with Crippen LogP contribution >= 0.6 is 0 Å². The van der Waals surface area contributed by atoms with Crippen LogP contribution in [0.4, 0.5) is 0 Å². The molecule has 0 saturated heterocycles. The van der Waals surface area contributed by atoms with Crippen molar-refractivity contribution in [3.05, 3.63) is 35.4 Å². The Morgan fingerprint density at radius 2 is 1.95 bits per heavy atom. The SMILES string of the molecule is Cc1ccccc1CN(C)CCCC(C)(C)C(=O)O. The average Bonchev–Trinajstić information content (AvgIpc) is 2.31. The standard InChI is InChI=1S/C16H25NO2/c1-13-8-5-6-9-14(13)12-17(4)11-7-10-16(2,3)15(18)19/h5-6,8-9H,7,10-12H2,1-4H3,(H,18,19). The van der Waals surface area contributed by atoms with Gasteiger partial charge in [0.2, 0.25) is 0 Å². The van der Waals surface area contributed by atoms with Crippen LogP contribution in [0.5, 0.6) is 0 Å². The smallest absolute Gasteiger partial charge is 0.309 e. The van der Waals surface area contributed by atoms with E-state index in [0.29, 0.717) is 6.42 Å². The molecule has 1 aromatic carbocycles. The van der Waals surface area contributed by atoms with Gasteiger partial charge in [0.15, 0.2) is 0 Å². The van der Waals surface area contributed by atoms with E-state index < -0.39 is 11.4 Å². The number of hydrogen-bond donors (Lipinski definition) is 1. The Bertz CT molecular complexity index is 427. The summed E-state index contributed by atoms with van der Waals surface area (Å²) in [4.78, 5) is 13.3. The Morgan fingerprint density at radius 1 is 1.32 bits per heavy atom. The number of benzene rings is 1. The maximum absolute atomic E-state index is 11.0. The molecule has 0 fully saturated rings. The predicted octanol–water partition coefficient (Wildman–Crippen LogP) is 3.32. The van der Waals surface area contributed by atoms with Gasteiger partial charge in [-0.1, -0.05) is 24.3 Å². The van der Waals surface area contributed by atoms with E-state index >= 15 is 0 Å². The summed E-state index contributed by atoms with van der Waals surface area (Å²) < 4.78 is 0. The minimum absolute atomic E-state index is 0.622. The second-order valence-electron chi connectivity index (χ2n) is 5.96. The third-order valence-corrected chi connectivity index (χ3v) is 3.62. The lowest BCUT2D eigenvalue weighted by Gasteiger charge is -2.22. The fourth-order valence-corrected chi connectivity index (χ4v) is 2.06. The second kappa shape index (κ2) is 6.71. The topological polar surface area (TPSA) is 40.5 Å². The third-order valence-electron chi connectivity index (χ3n) is 3.62. The number of hydrogen-bond acceptors (Lipinski definition) is 2. The molecule has 0 unspecified atom stereocenters. The van der Waals surface area contributed by atoms with Gasteiger partial charge in [-0.25, -0.2) is 0 Å². The first-order chi connectivity index (χ1) is 8.83. The molecule has 3 nitrogen and oxygen atoms in total. The number of carboxylic acids is 1. The van der Waals surface area contributed by atoms with Crippen LogP contribution in [0.2, 0.25) is 0 Å². The molecule has 0 bridgehead atoms. The summed E-state index contributed by atoms with van der Waals surface area (Å²) in [6, 6.07) is 8.38. The fraction of sp³-hybridized carbons (Fsp3) is 0.562. The molecule has 1 rings (SSSR count). The minimum Gasteiger partial charge on any atom is -0.481 e. The van der Waals surface area contributed by atoms with Crippen molar-refractivity contribution < 1.29 is 9.90 Å². The lowest BCUT2D eigenvalue weighted by atomic mass is 9.88. The van der Waals surface area contributed by atoms with Gasteiger partial charge in [-0.3, -0.25) is 4.79 Å². The highest BCUT2D eigenvalue weighted by atomic mass is 16.4. The zero-order chi connectivity index (χ0) is 14.5. The molecule has 1 N–H and O–H groups in total. The molecule has 0 heterocycles. The zero-order valence-corrected chi connectivity index (χ0v) is 12.4. The van der Waals surface area contributed by atoms with E-state index in [1.54, 1.807) is 13.8 Å². The number of aliphatic carboxylic acids is 1. The largest absolute Gasteiger partial charge is 0.481 e. The molecule has 0 aliphatic rings. The van der Waals surface area contributed by atoms with Crippen molar-refractivity contribution in [2.24, 2.45) is 5.41 Å². The highest BCUT2D eigenvalue weighted by Crippen LogP contribution is 2.22. The monoisotopic (exact) mass is 263 g/mol. The van der Waals surface area contributed by atoms with Crippen LogP contribution in [-0.4, -0.2) is 29.6 Å². The van der Waals surface area contributed by atoms with Gasteiger partial charge >= 0.3 is 5.97 Å². The molecule has 0 aromatic heterocycles. The van der Waals surface area contributed by atoms with Crippen LogP contribution in [0, 0.1) is 12.3 Å². The van der Waals surface area contributed by atoms with E-state index in [1.807, 2.05) is 6.07 Å². The molecule has 1 aromatic rings. The quantitative estimate of drug-likeness (QED) is 0.820. The zero-order valence-electron chi connectivity index (χ0n) is 12.4. The van der Waals surface area contributed by atoms with E-state index in [-0.39, 0.29) is 0 Å². The molecule has 19 heavy (non-hydrogen) atoms. The lowest BCUT2D eigenvalue weighted by Crippen LogP contribution is -2.26. The number of aryl methyl sites for hydroxylation is 1. The normalized spacial score (nSPS) is 11.8. The highest BCUT2D eigenvalue weighted by molar-refractivity contribution is 5.73. The second-order valence-corrected chi connectivity index (χ2v) is 5.96. The molecule has 0 amide bonds. The average molecular weight is 263 g/mol. The van der Waals surface area contributed by atoms with Crippen LogP contribution in [-0.2, 0) is 11.3 Å². The van der Waals surface area contributed by atoms with E-state index in [9.17, 15) is 4.79 Å². The summed E-state index contributed by atoms with van der Waals surface area (Å²) in [6.45, 7) is 7.54. The van der Waals surface area contributed by atoms with Crippen LogP contribution in [0.1, 0.15) is 37.8 Å². The van der Waals surface area contributed by atoms with Crippen LogP contribution in [0.15, 0.2) is 24.3 Å². The molecular formula is C16H25NO2. The summed E-state index contributed by atoms with van der Waals surface area (Å²) in [5, 5.41) is 9.06. The van der Waals surface area contributed by atoms with Crippen molar-refractivity contribution in [3.63, 3.8) is 0 Å². The van der Waals surface area contributed by atoms with Crippen molar-refractivity contribution in [2.75, 3.05) is 13.6 Å². The van der Waals surface area contributed by atoms with E-state index in [1.165, 1.54) is 11.1 Å². The van der Waals surface area contributed by atoms with Gasteiger partial charge in [0.1, 0.15) is 0 Å². The van der Waals surface area contributed by atoms with Crippen molar-refractivity contribution >= 4 is 5.97 Å². The number of nitrogens with zero attached hydrogens (tertiary/aromatic N) is 1. The minimum atomic E-state index is -0.714. The van der Waals surface area contributed by atoms with Crippen molar-refractivity contribution in [1.29, 1.82) is 0 Å². The molecule has 0 saturated carbocycles. The van der Waals surface area contributed by atoms with E-state index in [0.717, 1.165) is 19.5 Å². The van der Waals surface area contributed by atoms with Gasteiger partial charge in [-0.15, -0.1) is 0 Å². The van der Waals surface area contributed by atoms with Crippen molar-refractivity contribution in [3.8, 4) is 0 Å². The van der Waals surface area contributed by atoms with Crippen LogP contribution < -0.4 is 0 Å². The molecule has 3 heteroatoms. The first-order valence-corrected chi connectivity index (χ1v) is 6.79. The maximum atomic E-state index is 11.0. The van der Waals surface area contributed by atoms with Gasteiger partial charge in [-0.2, -0.15) is 0 Å². The summed E-state index contributed by atoms with van der Waals surface area (Å²) in [6.07, 6.45) is 1.61. The molecule has 0 aliphatic heterocycles. The van der Waals surface area contributed by atoms with Gasteiger partial charge in [0.25, 0.3) is 0 Å². The van der Waals surface area contributed by atoms with Gasteiger partial charge in [0, 0.05) is 6.54 Å². The van der Waals surface area contributed by atoms with Crippen molar-refractivity contribution in [2.45, 2.75) is 40.2 Å². The molecule has 0 atom stereocenters. The van der Waals surface area contributed by atoms with E-state index in [4.69, 9.17) is 5.11 Å². The van der Waals surface area contributed by atoms with Crippen LogP contribution in [0.3, 0.4) is 0 Å². The number of rotatable bonds is 7. The Kier molecular flexibility index (Phi) is 5.55. The van der Waals surface area contributed by atoms with E-state index in [2.05, 4.69) is 37.1 Å². The summed E-state index contributed by atoms with van der Waals surface area (Å²) in [5.74, 6) is -0.714. The Labute approximate surface area is 116 Å². The third kappa shape index (κ3) is 5.03. The fourth-order valence-electron chi connectivity index (χ4n) is 2.06. The first kappa shape index (κ1) is 15.7. The number of carboxylic acid groups (broad SMARTS) is 1. The first-order valence-electron chi connectivity index (χ1n) is 6.79. The van der Waals surface area contributed by atoms with Gasteiger partial charge < -0.3 is 10.0 Å². The highest BCUT2D eigenvalue weighted by Gasteiger charge is 2.26. The summed E-state index contributed by atoms with van der Waals surface area (Å²) in [7, 11) is 2.08. The molecule has 0 spiro atoms. The van der Waals surface area contributed by atoms with Gasteiger partial charge in [-0.05, 0) is 58.3 Å². The number of carbonyl (C=O) groups is 1. The molecule has 0 aliphatic carbocycles. The molecule has 0 radical (unpaired) electrons. The summed E-state index contributed by atoms with van der Waals surface area (Å²) in [5.41, 5.74) is 2.02. The Hall–Kier alpha value is -1.35. The predicted molar refractivity (Wildman–Crippen MR) is 78.2 cm³/mol.